The minimum absolute atomic E-state index is 0.0334. The molecule has 1 amide bonds. The van der Waals surface area contributed by atoms with Crippen LogP contribution in [0.4, 0.5) is 0 Å². The smallest absolute Gasteiger partial charge is 0.233 e. The lowest BCUT2D eigenvalue weighted by atomic mass is 10.3. The van der Waals surface area contributed by atoms with E-state index in [1.165, 1.54) is 11.8 Å². The fourth-order valence-electron chi connectivity index (χ4n) is 2.43. The predicted molar refractivity (Wildman–Crippen MR) is 109 cm³/mol. The molecule has 140 valence electrons. The summed E-state index contributed by atoms with van der Waals surface area (Å²) in [5.41, 5.74) is 1.72. The molecule has 0 aliphatic carbocycles. The fraction of sp³-hybridized carbons (Fsp3) is 0.200. The van der Waals surface area contributed by atoms with Gasteiger partial charge in [-0.15, -0.1) is 11.8 Å². The van der Waals surface area contributed by atoms with Crippen molar-refractivity contribution in [3.05, 3.63) is 71.5 Å². The molecule has 1 N–H and O–H groups in total. The first kappa shape index (κ1) is 19.3. The summed E-state index contributed by atoms with van der Waals surface area (Å²) in [6.07, 6.45) is 1.87. The van der Waals surface area contributed by atoms with Crippen LogP contribution in [-0.4, -0.2) is 28.0 Å². The molecule has 1 heterocycles. The number of ether oxygens (including phenoxy) is 1. The van der Waals surface area contributed by atoms with Crippen LogP contribution in [0.25, 0.3) is 5.69 Å². The molecule has 0 bridgehead atoms. The van der Waals surface area contributed by atoms with E-state index in [-0.39, 0.29) is 11.2 Å². The van der Waals surface area contributed by atoms with E-state index in [2.05, 4.69) is 10.4 Å². The molecular formula is C20H20ClN3O2S. The second-order valence-electron chi connectivity index (χ2n) is 5.88. The molecule has 0 saturated heterocycles. The highest BCUT2D eigenvalue weighted by atomic mass is 35.5. The first-order chi connectivity index (χ1) is 13.0. The highest BCUT2D eigenvalue weighted by Crippen LogP contribution is 2.24. The number of hydrogen-bond acceptors (Lipinski definition) is 4. The number of methoxy groups -OCH3 is 1. The van der Waals surface area contributed by atoms with Gasteiger partial charge in [-0.1, -0.05) is 11.6 Å². The molecule has 0 aliphatic rings. The number of halogens is 1. The zero-order chi connectivity index (χ0) is 19.2. The van der Waals surface area contributed by atoms with Crippen molar-refractivity contribution >= 4 is 29.3 Å². The topological polar surface area (TPSA) is 56.1 Å². The molecule has 0 spiro atoms. The molecule has 7 heteroatoms. The van der Waals surface area contributed by atoms with Crippen molar-refractivity contribution in [3.63, 3.8) is 0 Å². The first-order valence-electron chi connectivity index (χ1n) is 8.44. The van der Waals surface area contributed by atoms with E-state index in [9.17, 15) is 4.79 Å². The lowest BCUT2D eigenvalue weighted by Gasteiger charge is -2.11. The standard InChI is InChI=1S/C20H20ClN3O2S/c1-14(27-19-9-3-15(21)4-10-19)20(25)22-13-16-11-12-24(23-16)17-5-7-18(26-2)8-6-17/h3-12,14H,13H2,1-2H3,(H,22,25). The maximum Gasteiger partial charge on any atom is 0.233 e. The SMILES string of the molecule is COc1ccc(-n2ccc(CNC(=O)C(C)Sc3ccc(Cl)cc3)n2)cc1. The molecule has 27 heavy (non-hydrogen) atoms. The van der Waals surface area contributed by atoms with Gasteiger partial charge in [-0.3, -0.25) is 4.79 Å². The quantitative estimate of drug-likeness (QED) is 0.598. The molecule has 3 aromatic rings. The van der Waals surface area contributed by atoms with Gasteiger partial charge in [0.15, 0.2) is 0 Å². The highest BCUT2D eigenvalue weighted by Gasteiger charge is 2.14. The van der Waals surface area contributed by atoms with Crippen LogP contribution in [0, 0.1) is 0 Å². The first-order valence-corrected chi connectivity index (χ1v) is 9.70. The number of rotatable bonds is 7. The molecular weight excluding hydrogens is 382 g/mol. The van der Waals surface area contributed by atoms with Gasteiger partial charge in [-0.25, -0.2) is 4.68 Å². The minimum Gasteiger partial charge on any atom is -0.497 e. The van der Waals surface area contributed by atoms with Crippen LogP contribution in [0.3, 0.4) is 0 Å². The average molecular weight is 402 g/mol. The lowest BCUT2D eigenvalue weighted by Crippen LogP contribution is -2.30. The van der Waals surface area contributed by atoms with Crippen molar-refractivity contribution in [2.24, 2.45) is 0 Å². The summed E-state index contributed by atoms with van der Waals surface area (Å²) in [7, 11) is 1.63. The Balaban J connectivity index is 1.54. The second kappa shape index (κ2) is 8.97. The van der Waals surface area contributed by atoms with Crippen molar-refractivity contribution in [1.29, 1.82) is 0 Å². The highest BCUT2D eigenvalue weighted by molar-refractivity contribution is 8.00. The van der Waals surface area contributed by atoms with E-state index in [0.717, 1.165) is 22.0 Å². The van der Waals surface area contributed by atoms with Crippen LogP contribution in [-0.2, 0) is 11.3 Å². The van der Waals surface area contributed by atoms with Crippen LogP contribution in [0.5, 0.6) is 5.75 Å². The number of amides is 1. The van der Waals surface area contributed by atoms with Gasteiger partial charge in [0.25, 0.3) is 0 Å². The summed E-state index contributed by atoms with van der Waals surface area (Å²) in [4.78, 5) is 13.3. The molecule has 0 radical (unpaired) electrons. The number of aromatic nitrogens is 2. The van der Waals surface area contributed by atoms with E-state index in [0.29, 0.717) is 11.6 Å². The maximum atomic E-state index is 12.3. The van der Waals surface area contributed by atoms with Crippen LogP contribution < -0.4 is 10.1 Å². The number of thioether (sulfide) groups is 1. The van der Waals surface area contributed by atoms with E-state index >= 15 is 0 Å². The third kappa shape index (κ3) is 5.28. The Kier molecular flexibility index (Phi) is 6.42. The Labute approximate surface area is 167 Å². The monoisotopic (exact) mass is 401 g/mol. The lowest BCUT2D eigenvalue weighted by molar-refractivity contribution is -0.120. The zero-order valence-corrected chi connectivity index (χ0v) is 16.6. The molecule has 0 saturated carbocycles. The fourth-order valence-corrected chi connectivity index (χ4v) is 3.44. The van der Waals surface area contributed by atoms with E-state index < -0.39 is 0 Å². The van der Waals surface area contributed by atoms with Crippen molar-refractivity contribution < 1.29 is 9.53 Å². The normalized spacial score (nSPS) is 11.8. The van der Waals surface area contributed by atoms with Crippen molar-refractivity contribution in [1.82, 2.24) is 15.1 Å². The third-order valence-electron chi connectivity index (χ3n) is 3.92. The summed E-state index contributed by atoms with van der Waals surface area (Å²) in [5.74, 6) is 0.763. The summed E-state index contributed by atoms with van der Waals surface area (Å²) < 4.78 is 6.93. The second-order valence-corrected chi connectivity index (χ2v) is 7.73. The third-order valence-corrected chi connectivity index (χ3v) is 5.28. The summed E-state index contributed by atoms with van der Waals surface area (Å²) in [6, 6.07) is 17.0. The Morgan fingerprint density at radius 3 is 2.56 bits per heavy atom. The van der Waals surface area contributed by atoms with E-state index in [1.807, 2.05) is 67.7 Å². The maximum absolute atomic E-state index is 12.3. The van der Waals surface area contributed by atoms with Crippen LogP contribution in [0.2, 0.25) is 5.02 Å². The predicted octanol–water partition coefficient (Wildman–Crippen LogP) is 4.33. The number of carbonyl (C=O) groups excluding carboxylic acids is 1. The number of benzene rings is 2. The minimum atomic E-state index is -0.213. The number of nitrogens with zero attached hydrogens (tertiary/aromatic N) is 2. The molecule has 1 aromatic heterocycles. The van der Waals surface area contributed by atoms with Gasteiger partial charge in [0.1, 0.15) is 5.75 Å². The zero-order valence-electron chi connectivity index (χ0n) is 15.1. The molecule has 5 nitrogen and oxygen atoms in total. The van der Waals surface area contributed by atoms with Gasteiger partial charge in [-0.05, 0) is 61.5 Å². The van der Waals surface area contributed by atoms with Gasteiger partial charge < -0.3 is 10.1 Å². The van der Waals surface area contributed by atoms with Gasteiger partial charge in [0.05, 0.1) is 30.3 Å². The summed E-state index contributed by atoms with van der Waals surface area (Å²) in [6.45, 7) is 2.26. The Hall–Kier alpha value is -2.44. The van der Waals surface area contributed by atoms with Crippen molar-refractivity contribution in [2.75, 3.05) is 7.11 Å². The largest absolute Gasteiger partial charge is 0.497 e. The van der Waals surface area contributed by atoms with E-state index in [1.54, 1.807) is 11.8 Å². The molecule has 2 aromatic carbocycles. The van der Waals surface area contributed by atoms with Gasteiger partial charge >= 0.3 is 0 Å². The Morgan fingerprint density at radius 2 is 1.89 bits per heavy atom. The molecule has 0 aliphatic heterocycles. The van der Waals surface area contributed by atoms with Crippen LogP contribution in [0.15, 0.2) is 65.7 Å². The molecule has 1 atom stereocenters. The van der Waals surface area contributed by atoms with Gasteiger partial charge in [0.2, 0.25) is 5.91 Å². The summed E-state index contributed by atoms with van der Waals surface area (Å²) >= 11 is 7.38. The van der Waals surface area contributed by atoms with Crippen molar-refractivity contribution in [3.8, 4) is 11.4 Å². The van der Waals surface area contributed by atoms with Gasteiger partial charge in [0, 0.05) is 16.1 Å². The number of nitrogens with one attached hydrogen (secondary N) is 1. The van der Waals surface area contributed by atoms with E-state index in [4.69, 9.17) is 16.3 Å². The van der Waals surface area contributed by atoms with Gasteiger partial charge in [-0.2, -0.15) is 5.10 Å². The number of carbonyl (C=O) groups is 1. The Morgan fingerprint density at radius 1 is 1.19 bits per heavy atom. The molecule has 0 fully saturated rings. The molecule has 3 rings (SSSR count). The van der Waals surface area contributed by atoms with Crippen molar-refractivity contribution in [2.45, 2.75) is 23.6 Å². The number of hydrogen-bond donors (Lipinski definition) is 1. The summed E-state index contributed by atoms with van der Waals surface area (Å²) in [5, 5.41) is 7.90. The Bertz CT molecular complexity index is 894. The molecule has 1 unspecified atom stereocenters. The van der Waals surface area contributed by atoms with Crippen LogP contribution in [0.1, 0.15) is 12.6 Å². The van der Waals surface area contributed by atoms with Crippen LogP contribution >= 0.6 is 23.4 Å². The average Bonchev–Trinajstić information content (AvgIpc) is 3.17.